The first-order valence-electron chi connectivity index (χ1n) is 8.74. The second-order valence-corrected chi connectivity index (χ2v) is 7.90. The summed E-state index contributed by atoms with van der Waals surface area (Å²) in [5.74, 6) is 0. The Hall–Kier alpha value is -2.56. The van der Waals surface area contributed by atoms with Gasteiger partial charge in [-0.15, -0.1) is 0 Å². The number of nitrogens with zero attached hydrogens (tertiary/aromatic N) is 4. The number of aromatic nitrogens is 2. The van der Waals surface area contributed by atoms with Crippen LogP contribution in [0.5, 0.6) is 6.01 Å². The van der Waals surface area contributed by atoms with Gasteiger partial charge < -0.3 is 19.7 Å². The van der Waals surface area contributed by atoms with Crippen LogP contribution in [0.3, 0.4) is 0 Å². The van der Waals surface area contributed by atoms with E-state index in [9.17, 15) is 4.79 Å². The Balaban J connectivity index is 1.82. The van der Waals surface area contributed by atoms with Gasteiger partial charge in [0.1, 0.15) is 17.2 Å². The van der Waals surface area contributed by atoms with E-state index in [2.05, 4.69) is 21.4 Å². The maximum absolute atomic E-state index is 12.1. The van der Waals surface area contributed by atoms with Gasteiger partial charge in [-0.1, -0.05) is 0 Å². The predicted octanol–water partition coefficient (Wildman–Crippen LogP) is 2.97. The zero-order valence-electron chi connectivity index (χ0n) is 16.1. The smallest absolute Gasteiger partial charge is 0.410 e. The van der Waals surface area contributed by atoms with Crippen molar-refractivity contribution in [1.29, 1.82) is 5.26 Å². The molecular weight excluding hydrogens is 334 g/mol. The van der Waals surface area contributed by atoms with Crippen molar-refractivity contribution >= 4 is 11.8 Å². The third-order valence-corrected chi connectivity index (χ3v) is 3.73. The van der Waals surface area contributed by atoms with Gasteiger partial charge in [-0.2, -0.15) is 5.26 Å². The van der Waals surface area contributed by atoms with E-state index >= 15 is 0 Å². The molecule has 1 aliphatic rings. The molecule has 142 valence electrons. The monoisotopic (exact) mass is 361 g/mol. The van der Waals surface area contributed by atoms with E-state index in [1.165, 1.54) is 0 Å². The van der Waals surface area contributed by atoms with Crippen LogP contribution in [-0.4, -0.2) is 51.3 Å². The fourth-order valence-corrected chi connectivity index (χ4v) is 2.46. The minimum atomic E-state index is -0.694. The average molecular weight is 361 g/mol. The maximum Gasteiger partial charge on any atom is 0.410 e. The largest absolute Gasteiger partial charge is 0.460 e. The summed E-state index contributed by atoms with van der Waals surface area (Å²) < 4.78 is 11.2. The molecule has 0 saturated carbocycles. The molecule has 1 amide bonds. The van der Waals surface area contributed by atoms with E-state index in [0.29, 0.717) is 37.6 Å². The number of carbonyl (C=O) groups excluding carboxylic acids is 1. The van der Waals surface area contributed by atoms with E-state index in [0.717, 1.165) is 0 Å². The van der Waals surface area contributed by atoms with Crippen LogP contribution in [0.2, 0.25) is 0 Å². The normalized spacial score (nSPS) is 15.9. The number of nitrogens with one attached hydrogen (secondary N) is 1. The number of anilines is 1. The third-order valence-electron chi connectivity index (χ3n) is 3.73. The molecule has 0 unspecified atom stereocenters. The van der Waals surface area contributed by atoms with Gasteiger partial charge in [0.2, 0.25) is 0 Å². The van der Waals surface area contributed by atoms with Crippen LogP contribution in [0.25, 0.3) is 0 Å². The fourth-order valence-electron chi connectivity index (χ4n) is 2.46. The van der Waals surface area contributed by atoms with Gasteiger partial charge in [0.05, 0.1) is 24.2 Å². The Labute approximate surface area is 154 Å². The Morgan fingerprint density at radius 3 is 2.31 bits per heavy atom. The van der Waals surface area contributed by atoms with E-state index in [-0.39, 0.29) is 12.2 Å². The molecule has 26 heavy (non-hydrogen) atoms. The lowest BCUT2D eigenvalue weighted by Crippen LogP contribution is -2.44. The fraction of sp³-hybridized carbons (Fsp3) is 0.667. The highest BCUT2D eigenvalue weighted by Crippen LogP contribution is 2.19. The Kier molecular flexibility index (Phi) is 5.90. The molecule has 2 rings (SSSR count). The molecule has 2 heterocycles. The Morgan fingerprint density at radius 1 is 1.23 bits per heavy atom. The van der Waals surface area contributed by atoms with Crippen LogP contribution >= 0.6 is 0 Å². The second-order valence-electron chi connectivity index (χ2n) is 7.90. The summed E-state index contributed by atoms with van der Waals surface area (Å²) in [7, 11) is 0. The quantitative estimate of drug-likeness (QED) is 0.880. The van der Waals surface area contributed by atoms with Gasteiger partial charge in [0.25, 0.3) is 0 Å². The molecule has 0 atom stereocenters. The molecule has 1 saturated heterocycles. The van der Waals surface area contributed by atoms with Gasteiger partial charge in [0.15, 0.2) is 0 Å². The number of hydrogen-bond acceptors (Lipinski definition) is 7. The lowest BCUT2D eigenvalue weighted by molar-refractivity contribution is 0.0119. The van der Waals surface area contributed by atoms with Gasteiger partial charge in [-0.05, 0) is 34.6 Å². The van der Waals surface area contributed by atoms with Crippen molar-refractivity contribution in [2.24, 2.45) is 0 Å². The standard InChI is InChI=1S/C18H27N5O3/c1-17(2,3)26-16(24)23-8-6-14(7-9-23)25-15-20-10-13(11-21-15)22-18(4,5)12-19/h10-11,14,22H,6-9H2,1-5H3. The summed E-state index contributed by atoms with van der Waals surface area (Å²) in [5.41, 5.74) is -0.530. The first-order chi connectivity index (χ1) is 12.1. The lowest BCUT2D eigenvalue weighted by atomic mass is 10.1. The molecule has 1 N–H and O–H groups in total. The predicted molar refractivity (Wildman–Crippen MR) is 96.8 cm³/mol. The number of amides is 1. The van der Waals surface area contributed by atoms with E-state index in [4.69, 9.17) is 14.7 Å². The van der Waals surface area contributed by atoms with Crippen LogP contribution in [-0.2, 0) is 4.74 Å². The Morgan fingerprint density at radius 2 is 1.81 bits per heavy atom. The molecular formula is C18H27N5O3. The molecule has 8 heteroatoms. The molecule has 0 aromatic carbocycles. The average Bonchev–Trinajstić information content (AvgIpc) is 2.55. The van der Waals surface area contributed by atoms with Gasteiger partial charge in [-0.3, -0.25) is 0 Å². The number of piperidine rings is 1. The SMILES string of the molecule is CC(C)(C#N)Nc1cnc(OC2CCN(C(=O)OC(C)(C)C)CC2)nc1. The molecule has 0 bridgehead atoms. The molecule has 1 fully saturated rings. The molecule has 0 aliphatic carbocycles. The minimum absolute atomic E-state index is 0.0388. The molecule has 1 aromatic heterocycles. The highest BCUT2D eigenvalue weighted by atomic mass is 16.6. The second kappa shape index (κ2) is 7.77. The summed E-state index contributed by atoms with van der Waals surface area (Å²) in [4.78, 5) is 22.1. The summed E-state index contributed by atoms with van der Waals surface area (Å²) in [6.07, 6.45) is 4.26. The number of nitriles is 1. The molecule has 1 aliphatic heterocycles. The van der Waals surface area contributed by atoms with Crippen LogP contribution in [0.4, 0.5) is 10.5 Å². The number of ether oxygens (including phenoxy) is 2. The van der Waals surface area contributed by atoms with Gasteiger partial charge in [0, 0.05) is 25.9 Å². The van der Waals surface area contributed by atoms with Gasteiger partial charge in [-0.25, -0.2) is 14.8 Å². The highest BCUT2D eigenvalue weighted by Gasteiger charge is 2.28. The third kappa shape index (κ3) is 6.06. The van der Waals surface area contributed by atoms with Crippen molar-refractivity contribution in [2.75, 3.05) is 18.4 Å². The van der Waals surface area contributed by atoms with Crippen molar-refractivity contribution in [1.82, 2.24) is 14.9 Å². The van der Waals surface area contributed by atoms with E-state index in [1.807, 2.05) is 20.8 Å². The number of carbonyl (C=O) groups is 1. The van der Waals surface area contributed by atoms with Crippen LogP contribution < -0.4 is 10.1 Å². The number of hydrogen-bond donors (Lipinski definition) is 1. The molecule has 0 radical (unpaired) electrons. The van der Waals surface area contributed by atoms with Crippen LogP contribution in [0.15, 0.2) is 12.4 Å². The van der Waals surface area contributed by atoms with Crippen molar-refractivity contribution in [3.05, 3.63) is 12.4 Å². The van der Waals surface area contributed by atoms with Gasteiger partial charge >= 0.3 is 12.1 Å². The van der Waals surface area contributed by atoms with E-state index < -0.39 is 11.1 Å². The summed E-state index contributed by atoms with van der Waals surface area (Å²) in [5, 5.41) is 12.1. The molecule has 8 nitrogen and oxygen atoms in total. The summed E-state index contributed by atoms with van der Waals surface area (Å²) in [6, 6.07) is 2.45. The summed E-state index contributed by atoms with van der Waals surface area (Å²) in [6.45, 7) is 10.3. The zero-order valence-corrected chi connectivity index (χ0v) is 16.1. The number of likely N-dealkylation sites (tertiary alicyclic amines) is 1. The Bertz CT molecular complexity index is 653. The van der Waals surface area contributed by atoms with Crippen molar-refractivity contribution in [2.45, 2.75) is 64.7 Å². The zero-order chi connectivity index (χ0) is 19.4. The first-order valence-corrected chi connectivity index (χ1v) is 8.74. The van der Waals surface area contributed by atoms with Crippen LogP contribution in [0, 0.1) is 11.3 Å². The number of rotatable bonds is 4. The molecule has 1 aromatic rings. The molecule has 0 spiro atoms. The van der Waals surface area contributed by atoms with Crippen LogP contribution in [0.1, 0.15) is 47.5 Å². The van der Waals surface area contributed by atoms with Crippen molar-refractivity contribution < 1.29 is 14.3 Å². The minimum Gasteiger partial charge on any atom is -0.460 e. The van der Waals surface area contributed by atoms with Crippen molar-refractivity contribution in [3.63, 3.8) is 0 Å². The highest BCUT2D eigenvalue weighted by molar-refractivity contribution is 5.68. The van der Waals surface area contributed by atoms with E-state index in [1.54, 1.807) is 31.1 Å². The topological polar surface area (TPSA) is 100 Å². The first kappa shape index (κ1) is 19.8. The van der Waals surface area contributed by atoms with Crippen molar-refractivity contribution in [3.8, 4) is 12.1 Å². The lowest BCUT2D eigenvalue weighted by Gasteiger charge is -2.33. The summed E-state index contributed by atoms with van der Waals surface area (Å²) >= 11 is 0. The maximum atomic E-state index is 12.1.